The van der Waals surface area contributed by atoms with E-state index >= 15 is 0 Å². The van der Waals surface area contributed by atoms with E-state index in [1.807, 2.05) is 6.92 Å². The highest BCUT2D eigenvalue weighted by molar-refractivity contribution is 6.03. The van der Waals surface area contributed by atoms with Crippen molar-refractivity contribution in [3.8, 4) is 28.7 Å². The molecular formula is C34H33FN4O7. The molecule has 1 N–H and O–H groups in total. The van der Waals surface area contributed by atoms with Crippen LogP contribution in [0.15, 0.2) is 88.7 Å². The number of rotatable bonds is 13. The minimum absolute atomic E-state index is 0.110. The molecule has 3 aromatic carbocycles. The Kier molecular flexibility index (Phi) is 10.1. The summed E-state index contributed by atoms with van der Waals surface area (Å²) in [6.45, 7) is 2.88. The highest BCUT2D eigenvalue weighted by atomic mass is 19.1. The molecule has 2 heterocycles. The number of ether oxygens (including phenoxy) is 4. The molecule has 11 nitrogen and oxygen atoms in total. The molecule has 0 atom stereocenters. The summed E-state index contributed by atoms with van der Waals surface area (Å²) < 4.78 is 38.2. The number of amides is 1. The van der Waals surface area contributed by atoms with Crippen LogP contribution in [0.1, 0.15) is 30.1 Å². The normalized spacial score (nSPS) is 11.0. The van der Waals surface area contributed by atoms with Gasteiger partial charge < -0.3 is 24.3 Å². The van der Waals surface area contributed by atoms with Gasteiger partial charge in [0.2, 0.25) is 0 Å². The average molecular weight is 629 g/mol. The van der Waals surface area contributed by atoms with Crippen molar-refractivity contribution in [3.05, 3.63) is 111 Å². The first-order valence-electron chi connectivity index (χ1n) is 14.6. The van der Waals surface area contributed by atoms with E-state index in [1.54, 1.807) is 62.9 Å². The molecule has 12 heteroatoms. The van der Waals surface area contributed by atoms with Gasteiger partial charge in [-0.2, -0.15) is 0 Å². The Bertz CT molecular complexity index is 1960. The lowest BCUT2D eigenvalue weighted by molar-refractivity contribution is 0.102. The molecule has 0 saturated carbocycles. The first-order chi connectivity index (χ1) is 22.3. The summed E-state index contributed by atoms with van der Waals surface area (Å²) in [5, 5.41) is 3.42. The molecule has 0 aliphatic heterocycles. The lowest BCUT2D eigenvalue weighted by Gasteiger charge is -2.14. The van der Waals surface area contributed by atoms with Crippen LogP contribution in [0.4, 0.5) is 10.1 Å². The van der Waals surface area contributed by atoms with Crippen LogP contribution in [0.2, 0.25) is 0 Å². The molecule has 0 unspecified atom stereocenters. The molecule has 2 aromatic heterocycles. The predicted octanol–water partition coefficient (Wildman–Crippen LogP) is 5.57. The van der Waals surface area contributed by atoms with Crippen molar-refractivity contribution in [3.63, 3.8) is 0 Å². The first kappa shape index (κ1) is 31.9. The largest absolute Gasteiger partial charge is 0.493 e. The van der Waals surface area contributed by atoms with E-state index in [1.165, 1.54) is 22.9 Å². The maximum Gasteiger partial charge on any atom is 0.335 e. The number of carbonyl (C=O) groups is 1. The van der Waals surface area contributed by atoms with E-state index in [0.29, 0.717) is 46.2 Å². The van der Waals surface area contributed by atoms with Crippen LogP contribution in [0.25, 0.3) is 16.6 Å². The van der Waals surface area contributed by atoms with E-state index in [0.717, 1.165) is 29.5 Å². The van der Waals surface area contributed by atoms with Gasteiger partial charge in [-0.05, 0) is 67.1 Å². The van der Waals surface area contributed by atoms with E-state index < -0.39 is 23.0 Å². The summed E-state index contributed by atoms with van der Waals surface area (Å²) in [6.07, 6.45) is 4.66. The summed E-state index contributed by atoms with van der Waals surface area (Å²) in [5.41, 5.74) is -0.614. The Labute approximate surface area is 263 Å². The number of nitrogens with one attached hydrogen (secondary N) is 1. The summed E-state index contributed by atoms with van der Waals surface area (Å²) in [5.74, 6) is 0.830. The number of hydrogen-bond acceptors (Lipinski definition) is 8. The third-order valence-corrected chi connectivity index (χ3v) is 7.15. The number of anilines is 1. The highest BCUT2D eigenvalue weighted by Crippen LogP contribution is 2.37. The maximum atomic E-state index is 13.6. The molecule has 46 heavy (non-hydrogen) atoms. The zero-order chi connectivity index (χ0) is 32.6. The fourth-order valence-electron chi connectivity index (χ4n) is 4.72. The van der Waals surface area contributed by atoms with Gasteiger partial charge in [0.25, 0.3) is 11.5 Å². The van der Waals surface area contributed by atoms with Gasteiger partial charge in [-0.1, -0.05) is 13.3 Å². The van der Waals surface area contributed by atoms with Crippen LogP contribution in [0.3, 0.4) is 0 Å². The molecule has 238 valence electrons. The number of methoxy groups -OCH3 is 2. The van der Waals surface area contributed by atoms with Gasteiger partial charge >= 0.3 is 5.69 Å². The van der Waals surface area contributed by atoms with Crippen molar-refractivity contribution in [2.45, 2.75) is 26.3 Å². The van der Waals surface area contributed by atoms with Gasteiger partial charge in [0.1, 0.15) is 22.9 Å². The SMILES string of the molecule is CCCCOCCn1cc(C(=O)Nc2ccc(Oc3ccnc4cc(OC)c(OC)cc34)cc2)c(=O)n(-c2ccc(F)cc2)c1=O. The van der Waals surface area contributed by atoms with Crippen molar-refractivity contribution in [1.82, 2.24) is 14.1 Å². The van der Waals surface area contributed by atoms with E-state index in [4.69, 9.17) is 18.9 Å². The Morgan fingerprint density at radius 1 is 0.913 bits per heavy atom. The minimum atomic E-state index is -0.839. The molecule has 0 spiro atoms. The van der Waals surface area contributed by atoms with Gasteiger partial charge in [-0.3, -0.25) is 19.1 Å². The molecule has 0 radical (unpaired) electrons. The van der Waals surface area contributed by atoms with E-state index in [2.05, 4.69) is 10.3 Å². The lowest BCUT2D eigenvalue weighted by Crippen LogP contribution is -2.42. The van der Waals surface area contributed by atoms with Gasteiger partial charge in [0.15, 0.2) is 11.5 Å². The third kappa shape index (κ3) is 7.08. The first-order valence-corrected chi connectivity index (χ1v) is 14.6. The number of aromatic nitrogens is 3. The second-order valence-corrected chi connectivity index (χ2v) is 10.2. The average Bonchev–Trinajstić information content (AvgIpc) is 3.06. The van der Waals surface area contributed by atoms with Gasteiger partial charge in [-0.15, -0.1) is 0 Å². The zero-order valence-corrected chi connectivity index (χ0v) is 25.6. The maximum absolute atomic E-state index is 13.6. The smallest absolute Gasteiger partial charge is 0.335 e. The number of fused-ring (bicyclic) bond motifs is 1. The Hall–Kier alpha value is -5.49. The molecule has 0 aliphatic rings. The second kappa shape index (κ2) is 14.5. The van der Waals surface area contributed by atoms with Crippen molar-refractivity contribution in [2.75, 3.05) is 32.8 Å². The standard InChI is InChI=1S/C34H33FN4O7/c1-4-5-17-45-18-16-38-21-27(33(41)39(34(38)42)24-10-6-22(35)7-11-24)32(40)37-23-8-12-25(13-9-23)46-29-14-15-36-28-20-31(44-3)30(43-2)19-26(28)29/h6-15,19-21H,4-5,16-18H2,1-3H3,(H,37,40). The summed E-state index contributed by atoms with van der Waals surface area (Å²) in [4.78, 5) is 44.5. The summed E-state index contributed by atoms with van der Waals surface area (Å²) >= 11 is 0. The number of carbonyl (C=O) groups excluding carboxylic acids is 1. The molecular weight excluding hydrogens is 595 g/mol. The summed E-state index contributed by atoms with van der Waals surface area (Å²) in [6, 6.07) is 16.7. The highest BCUT2D eigenvalue weighted by Gasteiger charge is 2.19. The number of hydrogen-bond donors (Lipinski definition) is 1. The van der Waals surface area contributed by atoms with Crippen molar-refractivity contribution < 1.29 is 28.1 Å². The van der Waals surface area contributed by atoms with Gasteiger partial charge in [0, 0.05) is 36.1 Å². The van der Waals surface area contributed by atoms with Crippen LogP contribution < -0.4 is 30.8 Å². The van der Waals surface area contributed by atoms with Crippen molar-refractivity contribution >= 4 is 22.5 Å². The van der Waals surface area contributed by atoms with Crippen LogP contribution in [-0.4, -0.2) is 47.5 Å². The van der Waals surface area contributed by atoms with Crippen LogP contribution in [0.5, 0.6) is 23.0 Å². The topological polar surface area (TPSA) is 123 Å². The van der Waals surface area contributed by atoms with Crippen molar-refractivity contribution in [2.24, 2.45) is 0 Å². The molecule has 0 fully saturated rings. The Morgan fingerprint density at radius 2 is 1.63 bits per heavy atom. The molecule has 5 aromatic rings. The predicted molar refractivity (Wildman–Crippen MR) is 171 cm³/mol. The van der Waals surface area contributed by atoms with Crippen LogP contribution in [-0.2, 0) is 11.3 Å². The number of unbranched alkanes of at least 4 members (excludes halogenated alkanes) is 1. The second-order valence-electron chi connectivity index (χ2n) is 10.2. The minimum Gasteiger partial charge on any atom is -0.493 e. The fraction of sp³-hybridized carbons (Fsp3) is 0.235. The number of nitrogens with zero attached hydrogens (tertiary/aromatic N) is 3. The van der Waals surface area contributed by atoms with Crippen molar-refractivity contribution in [1.29, 1.82) is 0 Å². The lowest BCUT2D eigenvalue weighted by atomic mass is 10.2. The molecule has 1 amide bonds. The van der Waals surface area contributed by atoms with Crippen LogP contribution >= 0.6 is 0 Å². The Morgan fingerprint density at radius 3 is 2.33 bits per heavy atom. The zero-order valence-electron chi connectivity index (χ0n) is 25.6. The summed E-state index contributed by atoms with van der Waals surface area (Å²) in [7, 11) is 3.09. The molecule has 0 bridgehead atoms. The van der Waals surface area contributed by atoms with Gasteiger partial charge in [-0.25, -0.2) is 13.8 Å². The molecule has 0 saturated heterocycles. The fourth-order valence-corrected chi connectivity index (χ4v) is 4.72. The van der Waals surface area contributed by atoms with E-state index in [9.17, 15) is 18.8 Å². The van der Waals surface area contributed by atoms with E-state index in [-0.39, 0.29) is 24.4 Å². The third-order valence-electron chi connectivity index (χ3n) is 7.15. The quantitative estimate of drug-likeness (QED) is 0.168. The van der Waals surface area contributed by atoms with Crippen LogP contribution in [0, 0.1) is 5.82 Å². The number of benzene rings is 3. The molecule has 5 rings (SSSR count). The Balaban J connectivity index is 1.39. The number of halogens is 1. The monoisotopic (exact) mass is 628 g/mol. The number of pyridine rings is 1. The molecule has 0 aliphatic carbocycles. The van der Waals surface area contributed by atoms with Gasteiger partial charge in [0.05, 0.1) is 38.6 Å².